The Morgan fingerprint density at radius 1 is 0.846 bits per heavy atom. The van der Waals surface area contributed by atoms with Crippen molar-refractivity contribution in [3.05, 3.63) is 35.9 Å². The van der Waals surface area contributed by atoms with Crippen LogP contribution in [-0.2, 0) is 6.42 Å². The molecule has 1 aromatic rings. The summed E-state index contributed by atoms with van der Waals surface area (Å²) in [5, 5.41) is 0. The van der Waals surface area contributed by atoms with Crippen molar-refractivity contribution in [1.82, 2.24) is 12.3 Å². The molecule has 158 valence electrons. The summed E-state index contributed by atoms with van der Waals surface area (Å²) >= 11 is 0. The second-order valence-electron chi connectivity index (χ2n) is 7.47. The fourth-order valence-electron chi connectivity index (χ4n) is 3.16. The van der Waals surface area contributed by atoms with Gasteiger partial charge in [-0.2, -0.15) is 0 Å². The molecule has 1 unspecified atom stereocenters. The van der Waals surface area contributed by atoms with Crippen LogP contribution in [0.3, 0.4) is 0 Å². The monoisotopic (exact) mass is 453 g/mol. The second-order valence-corrected chi connectivity index (χ2v) is 7.47. The van der Waals surface area contributed by atoms with E-state index in [0.29, 0.717) is 5.92 Å². The average Bonchev–Trinajstić information content (AvgIpc) is 2.49. The van der Waals surface area contributed by atoms with Gasteiger partial charge in [-0.1, -0.05) is 88.6 Å². The van der Waals surface area contributed by atoms with E-state index < -0.39 is 0 Å². The lowest BCUT2D eigenvalue weighted by Crippen LogP contribution is -2.42. The normalized spacial score (nSPS) is 11.2. The topological polar surface area (TPSA) is 96.0 Å². The molecular weight excluding hydrogens is 410 g/mol. The fraction of sp³-hybridized carbons (Fsp3) is 0.714. The Hall–Kier alpha value is -0.130. The van der Waals surface area contributed by atoms with Gasteiger partial charge in [0, 0.05) is 5.54 Å². The predicted octanol–water partition coefficient (Wildman–Crippen LogP) is 7.44. The molecule has 1 aromatic carbocycles. The van der Waals surface area contributed by atoms with E-state index in [1.54, 1.807) is 0 Å². The van der Waals surface area contributed by atoms with Crippen molar-refractivity contribution in [2.24, 2.45) is 11.7 Å². The molecule has 1 atom stereocenters. The summed E-state index contributed by atoms with van der Waals surface area (Å²) in [7, 11) is 0. The zero-order valence-electron chi connectivity index (χ0n) is 17.3. The lowest BCUT2D eigenvalue weighted by molar-refractivity contribution is 0.290. The fourth-order valence-corrected chi connectivity index (χ4v) is 3.16. The first kappa shape index (κ1) is 33.5. The number of benzene rings is 1. The molecule has 3 nitrogen and oxygen atoms in total. The molecule has 0 amide bonds. The summed E-state index contributed by atoms with van der Waals surface area (Å²) in [6, 6.07) is 10.8. The quantitative estimate of drug-likeness (QED) is 0.286. The maximum Gasteiger partial charge on any atom is 0.0129 e. The summed E-state index contributed by atoms with van der Waals surface area (Å²) in [5.74, 6) is 0.579. The van der Waals surface area contributed by atoms with Gasteiger partial charge in [0.2, 0.25) is 0 Å². The van der Waals surface area contributed by atoms with Gasteiger partial charge in [-0.3, -0.25) is 0 Å². The van der Waals surface area contributed by atoms with E-state index in [4.69, 9.17) is 5.73 Å². The first-order chi connectivity index (χ1) is 10.5. The molecule has 8 N–H and O–H groups in total. The van der Waals surface area contributed by atoms with Gasteiger partial charge in [-0.15, -0.1) is 29.4 Å². The van der Waals surface area contributed by atoms with Gasteiger partial charge < -0.3 is 18.0 Å². The Balaban J connectivity index is -0.000000605. The van der Waals surface area contributed by atoms with E-state index in [-0.39, 0.29) is 47.2 Å². The number of nitrogens with two attached hydrogens (primary N) is 1. The van der Waals surface area contributed by atoms with Crippen molar-refractivity contribution in [1.29, 1.82) is 0 Å². The second kappa shape index (κ2) is 19.6. The van der Waals surface area contributed by atoms with Gasteiger partial charge in [-0.05, 0) is 38.2 Å². The highest BCUT2D eigenvalue weighted by Gasteiger charge is 2.24. The Bertz CT molecular complexity index is 383. The van der Waals surface area contributed by atoms with Crippen LogP contribution in [0.1, 0.15) is 84.1 Å². The highest BCUT2D eigenvalue weighted by Crippen LogP contribution is 2.25. The molecule has 0 spiro atoms. The Labute approximate surface area is 179 Å². The molecule has 5 heteroatoms. The van der Waals surface area contributed by atoms with Crippen molar-refractivity contribution in [3.8, 4) is 0 Å². The van der Waals surface area contributed by atoms with Crippen LogP contribution in [0.25, 0.3) is 0 Å². The molecule has 0 aliphatic carbocycles. The van der Waals surface area contributed by atoms with Crippen LogP contribution in [0.15, 0.2) is 30.3 Å². The average molecular weight is 455 g/mol. The zero-order valence-corrected chi connectivity index (χ0v) is 19.9. The predicted molar refractivity (Wildman–Crippen MR) is 127 cm³/mol. The largest absolute Gasteiger partial charge is 0.344 e. The Kier molecular flexibility index (Phi) is 25.3. The molecule has 0 aliphatic heterocycles. The van der Waals surface area contributed by atoms with Crippen LogP contribution in [-0.4, -0.2) is 5.54 Å². The highest BCUT2D eigenvalue weighted by atomic mass is 79.9. The van der Waals surface area contributed by atoms with Crippen molar-refractivity contribution >= 4 is 29.4 Å². The lowest BCUT2D eigenvalue weighted by atomic mass is 9.80. The summed E-state index contributed by atoms with van der Waals surface area (Å²) in [6.07, 6.45) is 13.5. The third kappa shape index (κ3) is 16.1. The van der Waals surface area contributed by atoms with Crippen LogP contribution < -0.4 is 18.0 Å². The molecule has 1 rings (SSSR count). The molecule has 0 heterocycles. The summed E-state index contributed by atoms with van der Waals surface area (Å²) in [5.41, 5.74) is 7.76. The Morgan fingerprint density at radius 3 is 1.77 bits per heavy atom. The van der Waals surface area contributed by atoms with E-state index in [1.165, 1.54) is 63.4 Å². The molecule has 0 aliphatic rings. The van der Waals surface area contributed by atoms with Crippen LogP contribution in [0.5, 0.6) is 0 Å². The molecule has 0 radical (unpaired) electrons. The highest BCUT2D eigenvalue weighted by molar-refractivity contribution is 8.93. The summed E-state index contributed by atoms with van der Waals surface area (Å²) in [6.45, 7) is 6.65. The first-order valence-electron chi connectivity index (χ1n) is 9.37. The number of hydrogen-bond donors (Lipinski definition) is 3. The standard InChI is InChI=1S/C21H37N.BrH.ClH.2H3N/c1-4-5-6-7-8-9-10-14-17-20(21(2,3)22)18-19-15-12-11-13-16-19;;;;/h11-13,15-16,20H,4-10,14,17-18,22H2,1-3H3;2*1H;2*1H3. The van der Waals surface area contributed by atoms with E-state index in [9.17, 15) is 0 Å². The van der Waals surface area contributed by atoms with Crippen LogP contribution in [0.4, 0.5) is 0 Å². The third-order valence-corrected chi connectivity index (χ3v) is 4.78. The zero-order chi connectivity index (χ0) is 16.3. The number of rotatable bonds is 12. The molecule has 0 bridgehead atoms. The maximum absolute atomic E-state index is 6.42. The van der Waals surface area contributed by atoms with Crippen LogP contribution in [0.2, 0.25) is 0 Å². The molecule has 0 aromatic heterocycles. The van der Waals surface area contributed by atoms with Gasteiger partial charge in [0.1, 0.15) is 0 Å². The van der Waals surface area contributed by atoms with E-state index in [1.807, 2.05) is 0 Å². The van der Waals surface area contributed by atoms with Gasteiger partial charge in [0.15, 0.2) is 0 Å². The first-order valence-corrected chi connectivity index (χ1v) is 9.37. The van der Waals surface area contributed by atoms with E-state index in [2.05, 4.69) is 51.1 Å². The summed E-state index contributed by atoms with van der Waals surface area (Å²) < 4.78 is 0. The van der Waals surface area contributed by atoms with Gasteiger partial charge in [-0.25, -0.2) is 0 Å². The van der Waals surface area contributed by atoms with Crippen LogP contribution >= 0.6 is 29.4 Å². The van der Waals surface area contributed by atoms with Crippen LogP contribution in [0, 0.1) is 5.92 Å². The lowest BCUT2D eigenvalue weighted by Gasteiger charge is -2.31. The van der Waals surface area contributed by atoms with Crippen molar-refractivity contribution in [2.45, 2.75) is 90.5 Å². The van der Waals surface area contributed by atoms with Crippen molar-refractivity contribution in [3.63, 3.8) is 0 Å². The molecular formula is C21H45BrClN3. The molecule has 0 saturated heterocycles. The van der Waals surface area contributed by atoms with E-state index >= 15 is 0 Å². The van der Waals surface area contributed by atoms with Crippen molar-refractivity contribution < 1.29 is 0 Å². The van der Waals surface area contributed by atoms with E-state index in [0.717, 1.165) is 6.42 Å². The molecule has 0 saturated carbocycles. The minimum absolute atomic E-state index is 0. The third-order valence-electron chi connectivity index (χ3n) is 4.78. The maximum atomic E-state index is 6.42. The Morgan fingerprint density at radius 2 is 1.31 bits per heavy atom. The SMILES string of the molecule is Br.CCCCCCCCCCC(Cc1ccccc1)C(C)(C)N.Cl.N.N. The van der Waals surface area contributed by atoms with Gasteiger partial charge in [0.25, 0.3) is 0 Å². The van der Waals surface area contributed by atoms with Crippen molar-refractivity contribution in [2.75, 3.05) is 0 Å². The number of unbranched alkanes of at least 4 members (excludes halogenated alkanes) is 7. The number of halogens is 2. The summed E-state index contributed by atoms with van der Waals surface area (Å²) in [4.78, 5) is 0. The minimum atomic E-state index is -0.0863. The molecule has 0 fully saturated rings. The smallest absolute Gasteiger partial charge is 0.0129 e. The number of hydrogen-bond acceptors (Lipinski definition) is 3. The minimum Gasteiger partial charge on any atom is -0.344 e. The van der Waals surface area contributed by atoms with Gasteiger partial charge in [0.05, 0.1) is 0 Å². The molecule has 26 heavy (non-hydrogen) atoms. The van der Waals surface area contributed by atoms with Gasteiger partial charge >= 0.3 is 0 Å².